The highest BCUT2D eigenvalue weighted by Gasteiger charge is 2.14. The Hall–Kier alpha value is -3.03. The highest BCUT2D eigenvalue weighted by atomic mass is 16.6. The summed E-state index contributed by atoms with van der Waals surface area (Å²) in [7, 11) is 3.54. The molecule has 1 aromatic rings. The Labute approximate surface area is 148 Å². The second kappa shape index (κ2) is 10.7. The molecule has 1 amide bonds. The van der Waals surface area contributed by atoms with Crippen molar-refractivity contribution in [2.45, 2.75) is 27.8 Å². The molecule has 8 nitrogen and oxygen atoms in total. The maximum atomic E-state index is 11.5. The number of allylic oxidation sites excluding steroid dienone is 2. The van der Waals surface area contributed by atoms with Gasteiger partial charge >= 0.3 is 0 Å². The molecule has 25 heavy (non-hydrogen) atoms. The van der Waals surface area contributed by atoms with E-state index in [-0.39, 0.29) is 31.3 Å². The van der Waals surface area contributed by atoms with Crippen LogP contribution in [-0.2, 0) is 11.3 Å². The molecule has 0 aromatic heterocycles. The van der Waals surface area contributed by atoms with Gasteiger partial charge in [0.15, 0.2) is 0 Å². The van der Waals surface area contributed by atoms with Gasteiger partial charge in [-0.05, 0) is 12.5 Å². The van der Waals surface area contributed by atoms with E-state index in [9.17, 15) is 14.9 Å². The Balaban J connectivity index is 0.00000576. The van der Waals surface area contributed by atoms with Crippen molar-refractivity contribution in [1.29, 1.82) is 0 Å². The summed E-state index contributed by atoms with van der Waals surface area (Å²) in [5.41, 5.74) is 0.980. The van der Waals surface area contributed by atoms with Crippen molar-refractivity contribution >= 4 is 18.7 Å². The Kier molecular flexibility index (Phi) is 9.39. The van der Waals surface area contributed by atoms with Gasteiger partial charge < -0.3 is 4.90 Å². The van der Waals surface area contributed by atoms with Crippen molar-refractivity contribution in [3.8, 4) is 0 Å². The zero-order chi connectivity index (χ0) is 18.1. The molecular weight excluding hydrogens is 322 g/mol. The lowest BCUT2D eigenvalue weighted by atomic mass is 10.2. The molecule has 0 bridgehead atoms. The molecule has 8 heteroatoms. The van der Waals surface area contributed by atoms with Crippen LogP contribution in [0.5, 0.6) is 0 Å². The Morgan fingerprint density at radius 3 is 2.32 bits per heavy atom. The smallest absolute Gasteiger partial charge is 0.264 e. The van der Waals surface area contributed by atoms with Gasteiger partial charge in [-0.2, -0.15) is 0 Å². The maximum Gasteiger partial charge on any atom is 0.264 e. The fourth-order valence-corrected chi connectivity index (χ4v) is 1.63. The van der Waals surface area contributed by atoms with Gasteiger partial charge in [0.05, 0.1) is 17.8 Å². The first-order valence-electron chi connectivity index (χ1n) is 7.22. The van der Waals surface area contributed by atoms with Crippen LogP contribution in [0.4, 0.5) is 0 Å². The highest BCUT2D eigenvalue weighted by molar-refractivity contribution is 5.94. The van der Waals surface area contributed by atoms with Gasteiger partial charge in [0.25, 0.3) is 5.70 Å². The fourth-order valence-electron chi connectivity index (χ4n) is 1.63. The zero-order valence-corrected chi connectivity index (χ0v) is 14.2. The average Bonchev–Trinajstić information content (AvgIpc) is 2.56. The first-order chi connectivity index (χ1) is 11.3. The summed E-state index contributed by atoms with van der Waals surface area (Å²) in [5, 5.41) is 10.9. The third-order valence-electron chi connectivity index (χ3n) is 3.05. The summed E-state index contributed by atoms with van der Waals surface area (Å²) < 4.78 is 0. The quantitative estimate of drug-likeness (QED) is 0.260. The molecule has 0 saturated carbocycles. The minimum atomic E-state index is -0.519. The number of hydrogen-bond donors (Lipinski definition) is 0. The van der Waals surface area contributed by atoms with Crippen molar-refractivity contribution in [3.05, 3.63) is 57.4 Å². The molecule has 0 radical (unpaired) electrons. The number of guanidine groups is 1. The van der Waals surface area contributed by atoms with Crippen molar-refractivity contribution in [1.82, 2.24) is 9.80 Å². The minimum absolute atomic E-state index is 0. The van der Waals surface area contributed by atoms with Gasteiger partial charge in [0.2, 0.25) is 12.4 Å². The van der Waals surface area contributed by atoms with Crippen molar-refractivity contribution < 1.29 is 9.72 Å². The minimum Gasteiger partial charge on any atom is -0.369 e. The molecule has 1 rings (SSSR count). The lowest BCUT2D eigenvalue weighted by Gasteiger charge is -2.17. The molecule has 1 aromatic carbocycles. The molecule has 0 aliphatic rings. The van der Waals surface area contributed by atoms with Crippen LogP contribution in [-0.4, -0.2) is 47.5 Å². The molecule has 0 spiro atoms. The fraction of sp³-hybridized carbons (Fsp3) is 0.353. The van der Waals surface area contributed by atoms with Crippen LogP contribution >= 0.6 is 0 Å². The van der Waals surface area contributed by atoms with E-state index < -0.39 is 4.92 Å². The largest absolute Gasteiger partial charge is 0.369 e. The number of carbonyl (C=O) groups excluding carboxylic acids is 1. The summed E-state index contributed by atoms with van der Waals surface area (Å²) in [6, 6.07) is 9.34. The molecule has 0 fully saturated rings. The maximum absolute atomic E-state index is 11.5. The molecular formula is C17H25N5O3. The summed E-state index contributed by atoms with van der Waals surface area (Å²) >= 11 is 0. The van der Waals surface area contributed by atoms with Gasteiger partial charge in [0.1, 0.15) is 5.70 Å². The summed E-state index contributed by atoms with van der Waals surface area (Å²) in [6.07, 6.45) is 2.09. The molecule has 136 valence electrons. The van der Waals surface area contributed by atoms with Gasteiger partial charge in [-0.3, -0.25) is 19.8 Å². The van der Waals surface area contributed by atoms with Crippen molar-refractivity contribution in [2.75, 3.05) is 14.1 Å². The number of nitrogens with zero attached hydrogens (tertiary/aromatic N) is 5. The molecule has 0 unspecified atom stereocenters. The van der Waals surface area contributed by atoms with Crippen molar-refractivity contribution in [3.63, 3.8) is 0 Å². The van der Waals surface area contributed by atoms with E-state index in [0.717, 1.165) is 5.56 Å². The monoisotopic (exact) mass is 347 g/mol. The van der Waals surface area contributed by atoms with E-state index in [2.05, 4.69) is 9.98 Å². The normalized spacial score (nSPS) is 12.2. The predicted octanol–water partition coefficient (Wildman–Crippen LogP) is 2.76. The topological polar surface area (TPSA) is 91.4 Å². The number of benzene rings is 1. The van der Waals surface area contributed by atoms with Crippen LogP contribution in [0.15, 0.2) is 51.7 Å². The third-order valence-corrected chi connectivity index (χ3v) is 3.05. The molecule has 0 aliphatic heterocycles. The number of amides is 1. The standard InChI is InChI=1S/C16H21N5O3.CH4/c1-13(14(2)21(23)24)18-16(17-11-19(3)4)20(12-22)10-15-8-6-5-7-9-15;/h5-9,11-12H,10H2,1-4H3;1H4/b14-13+,17-11+,18-16-;. The summed E-state index contributed by atoms with van der Waals surface area (Å²) in [6.45, 7) is 3.13. The van der Waals surface area contributed by atoms with Crippen molar-refractivity contribution in [2.24, 2.45) is 9.98 Å². The molecule has 0 N–H and O–H groups in total. The second-order valence-corrected chi connectivity index (χ2v) is 5.27. The predicted molar refractivity (Wildman–Crippen MR) is 99.8 cm³/mol. The van der Waals surface area contributed by atoms with E-state index in [4.69, 9.17) is 0 Å². The van der Waals surface area contributed by atoms with E-state index >= 15 is 0 Å². The number of aliphatic imine (C=N–C) groups is 2. The van der Waals surface area contributed by atoms with E-state index in [1.54, 1.807) is 19.0 Å². The number of nitro groups is 1. The Morgan fingerprint density at radius 2 is 1.84 bits per heavy atom. The summed E-state index contributed by atoms with van der Waals surface area (Å²) in [5.74, 6) is 0.0845. The van der Waals surface area contributed by atoms with Gasteiger partial charge in [-0.25, -0.2) is 9.98 Å². The molecule has 0 heterocycles. The van der Waals surface area contributed by atoms with Crippen LogP contribution in [0, 0.1) is 10.1 Å². The van der Waals surface area contributed by atoms with Crippen LogP contribution in [0.1, 0.15) is 26.8 Å². The van der Waals surface area contributed by atoms with E-state index in [0.29, 0.717) is 6.41 Å². The molecule has 0 aliphatic carbocycles. The number of rotatable bonds is 6. The zero-order valence-electron chi connectivity index (χ0n) is 14.2. The van der Waals surface area contributed by atoms with Crippen LogP contribution in [0.25, 0.3) is 0 Å². The first-order valence-corrected chi connectivity index (χ1v) is 7.22. The average molecular weight is 347 g/mol. The van der Waals surface area contributed by atoms with Gasteiger partial charge in [0, 0.05) is 21.0 Å². The lowest BCUT2D eigenvalue weighted by Crippen LogP contribution is -2.29. The SMILES string of the molecule is C.CC(/N=C(/N=C/N(C)C)N(C=O)Cc1ccccc1)=C(/C)[N+](=O)[O-]. The molecule has 0 saturated heterocycles. The highest BCUT2D eigenvalue weighted by Crippen LogP contribution is 2.10. The number of carbonyl (C=O) groups is 1. The Morgan fingerprint density at radius 1 is 1.24 bits per heavy atom. The van der Waals surface area contributed by atoms with E-state index in [1.807, 2.05) is 30.3 Å². The van der Waals surface area contributed by atoms with Crippen LogP contribution in [0.2, 0.25) is 0 Å². The molecule has 0 atom stereocenters. The lowest BCUT2D eigenvalue weighted by molar-refractivity contribution is -0.425. The van der Waals surface area contributed by atoms with Crippen LogP contribution in [0.3, 0.4) is 0 Å². The van der Waals surface area contributed by atoms with Gasteiger partial charge in [-0.15, -0.1) is 0 Å². The summed E-state index contributed by atoms with van der Waals surface area (Å²) in [4.78, 5) is 33.1. The second-order valence-electron chi connectivity index (χ2n) is 5.27. The first kappa shape index (κ1) is 22.0. The van der Waals surface area contributed by atoms with E-state index in [1.165, 1.54) is 25.1 Å². The third kappa shape index (κ3) is 7.38. The number of hydrogen-bond acceptors (Lipinski definition) is 4. The Bertz CT molecular complexity index is 666. The van der Waals surface area contributed by atoms with Crippen LogP contribution < -0.4 is 0 Å². The van der Waals surface area contributed by atoms with Gasteiger partial charge in [-0.1, -0.05) is 37.8 Å².